The third kappa shape index (κ3) is 9.16. The van der Waals surface area contributed by atoms with Gasteiger partial charge in [-0.25, -0.2) is 0 Å². The highest BCUT2D eigenvalue weighted by molar-refractivity contribution is 5.85. The fourth-order valence-corrected chi connectivity index (χ4v) is 4.38. The minimum atomic E-state index is -4.42. The molecule has 1 aromatic heterocycles. The second-order valence-electron chi connectivity index (χ2n) is 9.58. The molecule has 0 spiro atoms. The number of halogens is 3. The lowest BCUT2D eigenvalue weighted by atomic mass is 10.1. The molecular formula is C31H36F3N3O2. The van der Waals surface area contributed by atoms with Crippen molar-refractivity contribution in [1.82, 2.24) is 14.4 Å². The van der Waals surface area contributed by atoms with E-state index in [0.717, 1.165) is 42.7 Å². The van der Waals surface area contributed by atoms with Crippen LogP contribution in [0.2, 0.25) is 0 Å². The van der Waals surface area contributed by atoms with Gasteiger partial charge in [0, 0.05) is 37.9 Å². The SMILES string of the molecule is C=CCN(CC(=O)N(Cc1ccccc1)Cc1cccn1Cc1cccc(C(F)(F)F)c1)C(=O)CCCCC. The molecule has 0 radical (unpaired) electrons. The van der Waals surface area contributed by atoms with Gasteiger partial charge in [0.15, 0.2) is 0 Å². The second kappa shape index (κ2) is 14.4. The van der Waals surface area contributed by atoms with Crippen LogP contribution in [0.3, 0.4) is 0 Å². The summed E-state index contributed by atoms with van der Waals surface area (Å²) in [6.07, 6.45) is 2.10. The highest BCUT2D eigenvalue weighted by atomic mass is 19.4. The fourth-order valence-electron chi connectivity index (χ4n) is 4.38. The monoisotopic (exact) mass is 539 g/mol. The van der Waals surface area contributed by atoms with Crippen molar-refractivity contribution in [1.29, 1.82) is 0 Å². The minimum absolute atomic E-state index is 0.0713. The Hall–Kier alpha value is -3.81. The predicted octanol–water partition coefficient (Wildman–Crippen LogP) is 6.68. The maximum atomic E-state index is 13.6. The van der Waals surface area contributed by atoms with Crippen molar-refractivity contribution in [3.63, 3.8) is 0 Å². The lowest BCUT2D eigenvalue weighted by molar-refractivity contribution is -0.141. The number of unbranched alkanes of at least 4 members (excludes halogenated alkanes) is 2. The third-order valence-electron chi connectivity index (χ3n) is 6.48. The average Bonchev–Trinajstić information content (AvgIpc) is 3.34. The van der Waals surface area contributed by atoms with E-state index in [1.165, 1.54) is 11.0 Å². The van der Waals surface area contributed by atoms with Gasteiger partial charge >= 0.3 is 6.18 Å². The van der Waals surface area contributed by atoms with Gasteiger partial charge in [0.05, 0.1) is 12.1 Å². The normalized spacial score (nSPS) is 11.3. The van der Waals surface area contributed by atoms with E-state index in [2.05, 4.69) is 13.5 Å². The molecule has 208 valence electrons. The average molecular weight is 540 g/mol. The van der Waals surface area contributed by atoms with Gasteiger partial charge in [0.2, 0.25) is 11.8 Å². The summed E-state index contributed by atoms with van der Waals surface area (Å²) in [6, 6.07) is 18.5. The lowest BCUT2D eigenvalue weighted by Gasteiger charge is -2.28. The van der Waals surface area contributed by atoms with Crippen LogP contribution in [0.4, 0.5) is 13.2 Å². The van der Waals surface area contributed by atoms with Gasteiger partial charge in [-0.3, -0.25) is 9.59 Å². The van der Waals surface area contributed by atoms with Gasteiger partial charge in [-0.15, -0.1) is 6.58 Å². The van der Waals surface area contributed by atoms with E-state index >= 15 is 0 Å². The van der Waals surface area contributed by atoms with Crippen LogP contribution in [0.15, 0.2) is 85.6 Å². The quantitative estimate of drug-likeness (QED) is 0.170. The van der Waals surface area contributed by atoms with Gasteiger partial charge in [-0.1, -0.05) is 68.3 Å². The van der Waals surface area contributed by atoms with E-state index < -0.39 is 11.7 Å². The first-order chi connectivity index (χ1) is 18.7. The molecule has 0 unspecified atom stereocenters. The van der Waals surface area contributed by atoms with Crippen LogP contribution in [0.25, 0.3) is 0 Å². The molecule has 1 heterocycles. The molecule has 0 bridgehead atoms. The number of rotatable bonds is 14. The first-order valence-corrected chi connectivity index (χ1v) is 13.2. The van der Waals surface area contributed by atoms with E-state index in [1.807, 2.05) is 47.0 Å². The molecule has 2 aromatic carbocycles. The zero-order valence-corrected chi connectivity index (χ0v) is 22.4. The number of aromatic nitrogens is 1. The lowest BCUT2D eigenvalue weighted by Crippen LogP contribution is -2.42. The number of benzene rings is 2. The molecule has 8 heteroatoms. The maximum Gasteiger partial charge on any atom is 0.416 e. The largest absolute Gasteiger partial charge is 0.416 e. The van der Waals surface area contributed by atoms with Crippen molar-refractivity contribution >= 4 is 11.8 Å². The first kappa shape index (κ1) is 29.7. The van der Waals surface area contributed by atoms with Crippen LogP contribution < -0.4 is 0 Å². The van der Waals surface area contributed by atoms with Crippen molar-refractivity contribution < 1.29 is 22.8 Å². The Bertz CT molecular complexity index is 1220. The Balaban J connectivity index is 1.80. The van der Waals surface area contributed by atoms with Crippen molar-refractivity contribution in [2.24, 2.45) is 0 Å². The second-order valence-corrected chi connectivity index (χ2v) is 9.58. The molecule has 3 rings (SSSR count). The van der Waals surface area contributed by atoms with Crippen molar-refractivity contribution in [3.8, 4) is 0 Å². The molecule has 0 aliphatic carbocycles. The molecule has 0 saturated carbocycles. The summed E-state index contributed by atoms with van der Waals surface area (Å²) in [4.78, 5) is 29.6. The molecule has 3 aromatic rings. The molecule has 0 atom stereocenters. The highest BCUT2D eigenvalue weighted by Crippen LogP contribution is 2.29. The van der Waals surface area contributed by atoms with Crippen molar-refractivity contribution in [2.75, 3.05) is 13.1 Å². The van der Waals surface area contributed by atoms with E-state index in [-0.39, 0.29) is 38.0 Å². The molecular weight excluding hydrogens is 503 g/mol. The Morgan fingerprint density at radius 1 is 0.897 bits per heavy atom. The standard InChI is InChI=1S/C31H36F3N3O2/c1-3-5-7-17-29(38)36(18-4-2)24-30(39)37(21-25-12-8-6-9-13-25)23-28-16-11-19-35(28)22-26-14-10-15-27(20-26)31(32,33)34/h4,6,8-16,19-20H,2-3,5,7,17-18,21-24H2,1H3. The van der Waals surface area contributed by atoms with Crippen molar-refractivity contribution in [2.45, 2.75) is 58.4 Å². The number of hydrogen-bond acceptors (Lipinski definition) is 2. The van der Waals surface area contributed by atoms with Crippen LogP contribution >= 0.6 is 0 Å². The van der Waals surface area contributed by atoms with E-state index in [1.54, 1.807) is 23.2 Å². The van der Waals surface area contributed by atoms with Gasteiger partial charge in [-0.05, 0) is 41.8 Å². The molecule has 39 heavy (non-hydrogen) atoms. The van der Waals surface area contributed by atoms with Gasteiger partial charge in [0.25, 0.3) is 0 Å². The summed E-state index contributed by atoms with van der Waals surface area (Å²) in [5.41, 5.74) is 1.53. The Labute approximate surface area is 228 Å². The van der Waals surface area contributed by atoms with Crippen molar-refractivity contribution in [3.05, 3.63) is 108 Å². The van der Waals surface area contributed by atoms with Crippen LogP contribution in [0.5, 0.6) is 0 Å². The summed E-state index contributed by atoms with van der Waals surface area (Å²) in [6.45, 7) is 6.83. The van der Waals surface area contributed by atoms with E-state index in [0.29, 0.717) is 18.5 Å². The number of carbonyl (C=O) groups excluding carboxylic acids is 2. The summed E-state index contributed by atoms with van der Waals surface area (Å²) in [5.74, 6) is -0.291. The predicted molar refractivity (Wildman–Crippen MR) is 147 cm³/mol. The minimum Gasteiger partial charge on any atom is -0.345 e. The Kier molecular flexibility index (Phi) is 11.0. The smallest absolute Gasteiger partial charge is 0.345 e. The topological polar surface area (TPSA) is 45.6 Å². The number of hydrogen-bond donors (Lipinski definition) is 0. The zero-order valence-electron chi connectivity index (χ0n) is 22.4. The number of amides is 2. The highest BCUT2D eigenvalue weighted by Gasteiger charge is 2.30. The summed E-state index contributed by atoms with van der Waals surface area (Å²) in [7, 11) is 0. The fraction of sp³-hybridized carbons (Fsp3) is 0.355. The number of carbonyl (C=O) groups is 2. The van der Waals surface area contributed by atoms with E-state index in [4.69, 9.17) is 0 Å². The summed E-state index contributed by atoms with van der Waals surface area (Å²) in [5, 5.41) is 0. The Morgan fingerprint density at radius 3 is 2.33 bits per heavy atom. The number of nitrogens with zero attached hydrogens (tertiary/aromatic N) is 3. The van der Waals surface area contributed by atoms with Crippen LogP contribution in [0.1, 0.15) is 55.0 Å². The first-order valence-electron chi connectivity index (χ1n) is 13.2. The van der Waals surface area contributed by atoms with Crippen LogP contribution in [-0.4, -0.2) is 39.3 Å². The maximum absolute atomic E-state index is 13.6. The molecule has 0 fully saturated rings. The third-order valence-corrected chi connectivity index (χ3v) is 6.48. The Morgan fingerprint density at radius 2 is 1.64 bits per heavy atom. The summed E-state index contributed by atoms with van der Waals surface area (Å²) >= 11 is 0. The zero-order chi connectivity index (χ0) is 28.3. The molecule has 2 amide bonds. The van der Waals surface area contributed by atoms with E-state index in [9.17, 15) is 22.8 Å². The molecule has 0 saturated heterocycles. The van der Waals surface area contributed by atoms with Gasteiger partial charge in [0.1, 0.15) is 6.54 Å². The molecule has 5 nitrogen and oxygen atoms in total. The molecule has 0 aliphatic rings. The van der Waals surface area contributed by atoms with Crippen LogP contribution in [0, 0.1) is 0 Å². The number of alkyl halides is 3. The van der Waals surface area contributed by atoms with Gasteiger partial charge < -0.3 is 14.4 Å². The molecule has 0 aliphatic heterocycles. The summed E-state index contributed by atoms with van der Waals surface area (Å²) < 4.78 is 41.5. The molecule has 0 N–H and O–H groups in total. The van der Waals surface area contributed by atoms with Gasteiger partial charge in [-0.2, -0.15) is 13.2 Å². The van der Waals surface area contributed by atoms with Crippen LogP contribution in [-0.2, 0) is 35.4 Å².